The minimum Gasteiger partial charge on any atom is -0.508 e. The zero-order chi connectivity index (χ0) is 18.4. The first kappa shape index (κ1) is 18.0. The summed E-state index contributed by atoms with van der Waals surface area (Å²) in [4.78, 5) is 14.1. The van der Waals surface area contributed by atoms with Crippen LogP contribution in [-0.4, -0.2) is 17.2 Å². The number of hydrazone groups is 1. The first-order chi connectivity index (χ1) is 12.6. The molecule has 0 saturated carbocycles. The molecule has 4 nitrogen and oxygen atoms in total. The number of hydrogen-bond donors (Lipinski definition) is 2. The highest BCUT2D eigenvalue weighted by Gasteiger charge is 2.04. The fraction of sp³-hybridized carbons (Fsp3) is 0. The average molecular weight is 383 g/mol. The molecular formula is C20H15ClN2O2S. The quantitative estimate of drug-likeness (QED) is 0.484. The van der Waals surface area contributed by atoms with Crippen LogP contribution in [0.25, 0.3) is 0 Å². The minimum absolute atomic E-state index is 0.0374. The Labute approximate surface area is 160 Å². The van der Waals surface area contributed by atoms with E-state index in [0.29, 0.717) is 10.6 Å². The highest BCUT2D eigenvalue weighted by molar-refractivity contribution is 7.99. The van der Waals surface area contributed by atoms with E-state index in [1.807, 2.05) is 48.5 Å². The Kier molecular flexibility index (Phi) is 5.94. The van der Waals surface area contributed by atoms with E-state index in [0.717, 1.165) is 15.4 Å². The van der Waals surface area contributed by atoms with E-state index in [2.05, 4.69) is 10.5 Å². The van der Waals surface area contributed by atoms with E-state index in [4.69, 9.17) is 11.6 Å². The van der Waals surface area contributed by atoms with E-state index in [-0.39, 0.29) is 11.7 Å². The van der Waals surface area contributed by atoms with Crippen LogP contribution in [0.5, 0.6) is 5.75 Å². The van der Waals surface area contributed by atoms with Gasteiger partial charge in [-0.1, -0.05) is 41.6 Å². The standard InChI is InChI=1S/C20H15ClN2O2S/c21-16-6-10-19(11-7-16)26-18-8-4-14(5-9-18)13-22-23-20(25)15-2-1-3-17(24)12-15/h1-13,24H,(H,23,25)/b22-13+. The first-order valence-electron chi connectivity index (χ1n) is 7.76. The molecule has 0 saturated heterocycles. The highest BCUT2D eigenvalue weighted by atomic mass is 35.5. The largest absolute Gasteiger partial charge is 0.508 e. The Morgan fingerprint density at radius 1 is 1.00 bits per heavy atom. The molecule has 0 fully saturated rings. The molecule has 130 valence electrons. The van der Waals surface area contributed by atoms with Crippen LogP contribution in [0.4, 0.5) is 0 Å². The Hall–Kier alpha value is -2.76. The van der Waals surface area contributed by atoms with Gasteiger partial charge in [0.05, 0.1) is 6.21 Å². The summed E-state index contributed by atoms with van der Waals surface area (Å²) in [6, 6.07) is 21.6. The molecule has 3 aromatic rings. The zero-order valence-corrected chi connectivity index (χ0v) is 15.2. The maximum absolute atomic E-state index is 11.9. The molecule has 26 heavy (non-hydrogen) atoms. The van der Waals surface area contributed by atoms with Crippen molar-refractivity contribution in [1.82, 2.24) is 5.43 Å². The number of carbonyl (C=O) groups excluding carboxylic acids is 1. The molecule has 3 aromatic carbocycles. The molecule has 0 bridgehead atoms. The Morgan fingerprint density at radius 3 is 2.31 bits per heavy atom. The van der Waals surface area contributed by atoms with Crippen LogP contribution in [0.15, 0.2) is 87.7 Å². The predicted octanol–water partition coefficient (Wildman–Crippen LogP) is 4.96. The molecule has 0 atom stereocenters. The summed E-state index contributed by atoms with van der Waals surface area (Å²) in [5.41, 5.74) is 3.64. The molecule has 3 rings (SSSR count). The number of halogens is 1. The lowest BCUT2D eigenvalue weighted by Crippen LogP contribution is -2.17. The summed E-state index contributed by atoms with van der Waals surface area (Å²) in [6.07, 6.45) is 1.57. The van der Waals surface area contributed by atoms with E-state index in [9.17, 15) is 9.90 Å². The van der Waals surface area contributed by atoms with Gasteiger partial charge in [-0.3, -0.25) is 4.79 Å². The van der Waals surface area contributed by atoms with Gasteiger partial charge in [0.2, 0.25) is 0 Å². The van der Waals surface area contributed by atoms with E-state index >= 15 is 0 Å². The number of aromatic hydroxyl groups is 1. The first-order valence-corrected chi connectivity index (χ1v) is 8.95. The van der Waals surface area contributed by atoms with Gasteiger partial charge in [-0.05, 0) is 60.2 Å². The number of phenols is 1. The normalized spacial score (nSPS) is 10.8. The lowest BCUT2D eigenvalue weighted by Gasteiger charge is -2.03. The van der Waals surface area contributed by atoms with Crippen molar-refractivity contribution in [3.63, 3.8) is 0 Å². The summed E-state index contributed by atoms with van der Waals surface area (Å²) >= 11 is 7.52. The van der Waals surface area contributed by atoms with Crippen LogP contribution in [0, 0.1) is 0 Å². The fourth-order valence-electron chi connectivity index (χ4n) is 2.14. The Balaban J connectivity index is 1.57. The van der Waals surface area contributed by atoms with Gasteiger partial charge in [-0.2, -0.15) is 5.10 Å². The van der Waals surface area contributed by atoms with Crippen molar-refractivity contribution in [3.8, 4) is 5.75 Å². The second-order valence-electron chi connectivity index (χ2n) is 5.37. The molecule has 0 radical (unpaired) electrons. The highest BCUT2D eigenvalue weighted by Crippen LogP contribution is 2.28. The molecule has 6 heteroatoms. The smallest absolute Gasteiger partial charge is 0.271 e. The second-order valence-corrected chi connectivity index (χ2v) is 6.96. The van der Waals surface area contributed by atoms with Crippen LogP contribution in [0.1, 0.15) is 15.9 Å². The molecule has 0 unspecified atom stereocenters. The molecular weight excluding hydrogens is 368 g/mol. The number of carbonyl (C=O) groups is 1. The Morgan fingerprint density at radius 2 is 1.65 bits per heavy atom. The maximum atomic E-state index is 11.9. The van der Waals surface area contributed by atoms with Gasteiger partial charge >= 0.3 is 0 Å². The Bertz CT molecular complexity index is 925. The SMILES string of the molecule is O=C(N/N=C/c1ccc(Sc2ccc(Cl)cc2)cc1)c1cccc(O)c1. The fourth-order valence-corrected chi connectivity index (χ4v) is 3.08. The lowest BCUT2D eigenvalue weighted by molar-refractivity contribution is 0.0954. The lowest BCUT2D eigenvalue weighted by atomic mass is 10.2. The van der Waals surface area contributed by atoms with Crippen LogP contribution >= 0.6 is 23.4 Å². The summed E-state index contributed by atoms with van der Waals surface area (Å²) in [7, 11) is 0. The van der Waals surface area contributed by atoms with E-state index in [1.165, 1.54) is 12.1 Å². The monoisotopic (exact) mass is 382 g/mol. The number of phenolic OH excluding ortho intramolecular Hbond substituents is 1. The summed E-state index contributed by atoms with van der Waals surface area (Å²) < 4.78 is 0. The van der Waals surface area contributed by atoms with Crippen molar-refractivity contribution in [2.45, 2.75) is 9.79 Å². The third kappa shape index (κ3) is 5.12. The molecule has 0 heterocycles. The van der Waals surface area contributed by atoms with Gasteiger partial charge in [-0.15, -0.1) is 0 Å². The van der Waals surface area contributed by atoms with E-state index < -0.39 is 0 Å². The summed E-state index contributed by atoms with van der Waals surface area (Å²) in [6.45, 7) is 0. The zero-order valence-electron chi connectivity index (χ0n) is 13.6. The van der Waals surface area contributed by atoms with Crippen LogP contribution < -0.4 is 5.43 Å². The van der Waals surface area contributed by atoms with Crippen molar-refractivity contribution in [1.29, 1.82) is 0 Å². The molecule has 0 aliphatic heterocycles. The number of benzene rings is 3. The van der Waals surface area contributed by atoms with Crippen molar-refractivity contribution >= 4 is 35.5 Å². The third-order valence-corrected chi connectivity index (χ3v) is 4.69. The van der Waals surface area contributed by atoms with Gasteiger partial charge in [0.1, 0.15) is 5.75 Å². The maximum Gasteiger partial charge on any atom is 0.271 e. The molecule has 0 aromatic heterocycles. The van der Waals surface area contributed by atoms with Gasteiger partial charge in [0.25, 0.3) is 5.91 Å². The molecule has 1 amide bonds. The molecule has 2 N–H and O–H groups in total. The number of amides is 1. The number of hydrogen-bond acceptors (Lipinski definition) is 4. The number of rotatable bonds is 5. The second kappa shape index (κ2) is 8.56. The van der Waals surface area contributed by atoms with Gasteiger partial charge in [0, 0.05) is 20.4 Å². The average Bonchev–Trinajstić information content (AvgIpc) is 2.65. The van der Waals surface area contributed by atoms with E-state index in [1.54, 1.807) is 30.1 Å². The number of nitrogens with one attached hydrogen (secondary N) is 1. The van der Waals surface area contributed by atoms with Crippen LogP contribution in [0.2, 0.25) is 5.02 Å². The minimum atomic E-state index is -0.382. The molecule has 0 spiro atoms. The molecule has 0 aliphatic rings. The van der Waals surface area contributed by atoms with Gasteiger partial charge in [0.15, 0.2) is 0 Å². The van der Waals surface area contributed by atoms with Gasteiger partial charge in [-0.25, -0.2) is 5.43 Å². The number of nitrogens with zero attached hydrogens (tertiary/aromatic N) is 1. The van der Waals surface area contributed by atoms with Crippen molar-refractivity contribution < 1.29 is 9.90 Å². The predicted molar refractivity (Wildman–Crippen MR) is 105 cm³/mol. The summed E-state index contributed by atoms with van der Waals surface area (Å²) in [5, 5.41) is 14.0. The van der Waals surface area contributed by atoms with Crippen LogP contribution in [0.3, 0.4) is 0 Å². The summed E-state index contributed by atoms with van der Waals surface area (Å²) in [5.74, 6) is -0.345. The van der Waals surface area contributed by atoms with Gasteiger partial charge < -0.3 is 5.11 Å². The van der Waals surface area contributed by atoms with Crippen molar-refractivity contribution in [3.05, 3.63) is 88.9 Å². The van der Waals surface area contributed by atoms with Crippen LogP contribution in [-0.2, 0) is 0 Å². The topological polar surface area (TPSA) is 61.7 Å². The van der Waals surface area contributed by atoms with Crippen molar-refractivity contribution in [2.24, 2.45) is 5.10 Å². The van der Waals surface area contributed by atoms with Crippen molar-refractivity contribution in [2.75, 3.05) is 0 Å². The third-order valence-electron chi connectivity index (χ3n) is 3.42. The molecule has 0 aliphatic carbocycles.